The molecule has 3 N–H and O–H groups in total. The molecule has 1 heterocycles. The van der Waals surface area contributed by atoms with Crippen molar-refractivity contribution in [2.45, 2.75) is 39.2 Å². The summed E-state index contributed by atoms with van der Waals surface area (Å²) in [6.45, 7) is 7.25. The summed E-state index contributed by atoms with van der Waals surface area (Å²) >= 11 is 0. The third-order valence-electron chi connectivity index (χ3n) is 4.19. The fourth-order valence-electron chi connectivity index (χ4n) is 3.11. The van der Waals surface area contributed by atoms with Crippen molar-refractivity contribution in [2.24, 2.45) is 11.7 Å². The van der Waals surface area contributed by atoms with Crippen molar-refractivity contribution in [2.75, 3.05) is 31.6 Å². The van der Waals surface area contributed by atoms with Crippen LogP contribution in [0.15, 0.2) is 24.3 Å². The summed E-state index contributed by atoms with van der Waals surface area (Å²) in [6, 6.07) is 7.39. The van der Waals surface area contributed by atoms with Crippen molar-refractivity contribution in [3.05, 3.63) is 24.3 Å². The van der Waals surface area contributed by atoms with Crippen molar-refractivity contribution in [3.63, 3.8) is 0 Å². The van der Waals surface area contributed by atoms with Crippen LogP contribution in [-0.2, 0) is 4.79 Å². The number of nitrogens with one attached hydrogen (secondary N) is 1. The smallest absolute Gasteiger partial charge is 0.241 e. The van der Waals surface area contributed by atoms with Gasteiger partial charge in [0, 0.05) is 12.2 Å². The van der Waals surface area contributed by atoms with Gasteiger partial charge in [0.1, 0.15) is 12.4 Å². The van der Waals surface area contributed by atoms with E-state index in [0.717, 1.165) is 24.5 Å². The number of anilines is 1. The number of likely N-dealkylation sites (tertiary alicyclic amines) is 1. The minimum absolute atomic E-state index is 0.0662. The molecule has 0 spiro atoms. The lowest BCUT2D eigenvalue weighted by atomic mass is 9.98. The van der Waals surface area contributed by atoms with Crippen LogP contribution >= 0.6 is 0 Å². The third-order valence-corrected chi connectivity index (χ3v) is 4.19. The zero-order valence-electron chi connectivity index (χ0n) is 14.3. The highest BCUT2D eigenvalue weighted by Gasteiger charge is 2.29. The minimum Gasteiger partial charge on any atom is -0.492 e. The van der Waals surface area contributed by atoms with E-state index in [4.69, 9.17) is 10.5 Å². The summed E-state index contributed by atoms with van der Waals surface area (Å²) in [7, 11) is 0. The number of hydrogen-bond donors (Lipinski definition) is 2. The number of amides is 1. The van der Waals surface area contributed by atoms with Crippen LogP contribution in [0.2, 0.25) is 0 Å². The lowest BCUT2D eigenvalue weighted by Gasteiger charge is -2.35. The molecule has 1 aliphatic rings. The lowest BCUT2D eigenvalue weighted by Crippen LogP contribution is -2.49. The van der Waals surface area contributed by atoms with E-state index in [1.54, 1.807) is 0 Å². The number of nitrogens with two attached hydrogens (primary N) is 1. The van der Waals surface area contributed by atoms with E-state index in [1.807, 2.05) is 24.3 Å². The van der Waals surface area contributed by atoms with E-state index in [2.05, 4.69) is 24.1 Å². The zero-order valence-corrected chi connectivity index (χ0v) is 14.3. The molecule has 23 heavy (non-hydrogen) atoms. The monoisotopic (exact) mass is 319 g/mol. The number of hydrogen-bond acceptors (Lipinski definition) is 4. The van der Waals surface area contributed by atoms with Gasteiger partial charge < -0.3 is 15.8 Å². The summed E-state index contributed by atoms with van der Waals surface area (Å²) in [5.41, 5.74) is 6.22. The highest BCUT2D eigenvalue weighted by Crippen LogP contribution is 2.21. The zero-order chi connectivity index (χ0) is 16.7. The molecule has 0 saturated carbocycles. The molecule has 1 fully saturated rings. The maximum atomic E-state index is 12.7. The van der Waals surface area contributed by atoms with E-state index in [9.17, 15) is 4.79 Å². The topological polar surface area (TPSA) is 67.6 Å². The molecule has 0 bridgehead atoms. The minimum atomic E-state index is -0.0662. The molecule has 5 nitrogen and oxygen atoms in total. The van der Waals surface area contributed by atoms with Crippen LogP contribution in [0.1, 0.15) is 33.1 Å². The molecule has 1 saturated heterocycles. The Morgan fingerprint density at radius 3 is 2.43 bits per heavy atom. The van der Waals surface area contributed by atoms with E-state index in [1.165, 1.54) is 19.3 Å². The van der Waals surface area contributed by atoms with Crippen molar-refractivity contribution in [1.29, 1.82) is 0 Å². The van der Waals surface area contributed by atoms with E-state index in [0.29, 0.717) is 19.1 Å². The first-order valence-corrected chi connectivity index (χ1v) is 8.59. The molecule has 5 heteroatoms. The van der Waals surface area contributed by atoms with Crippen molar-refractivity contribution in [1.82, 2.24) is 4.90 Å². The number of rotatable bonds is 7. The van der Waals surface area contributed by atoms with Gasteiger partial charge in [-0.1, -0.05) is 20.3 Å². The second-order valence-electron chi connectivity index (χ2n) is 6.44. The van der Waals surface area contributed by atoms with Crippen molar-refractivity contribution in [3.8, 4) is 5.75 Å². The summed E-state index contributed by atoms with van der Waals surface area (Å²) in [6.07, 6.45) is 3.64. The van der Waals surface area contributed by atoms with Crippen LogP contribution in [0, 0.1) is 5.92 Å². The average molecular weight is 319 g/mol. The predicted octanol–water partition coefficient (Wildman–Crippen LogP) is 2.47. The maximum absolute atomic E-state index is 12.7. The molecule has 1 aromatic carbocycles. The van der Waals surface area contributed by atoms with Gasteiger partial charge in [-0.2, -0.15) is 0 Å². The summed E-state index contributed by atoms with van der Waals surface area (Å²) < 4.78 is 5.45. The summed E-state index contributed by atoms with van der Waals surface area (Å²) in [4.78, 5) is 15.0. The highest BCUT2D eigenvalue weighted by atomic mass is 16.5. The third kappa shape index (κ3) is 5.22. The molecule has 2 rings (SSSR count). The quantitative estimate of drug-likeness (QED) is 0.810. The molecule has 0 radical (unpaired) electrons. The SMILES string of the molecule is CC(C)C(C(=O)Nc1ccc(OCCN)cc1)N1CCCCC1. The van der Waals surface area contributed by atoms with E-state index >= 15 is 0 Å². The van der Waals surface area contributed by atoms with Gasteiger partial charge in [0.25, 0.3) is 0 Å². The summed E-state index contributed by atoms with van der Waals surface area (Å²) in [5.74, 6) is 1.14. The first kappa shape index (κ1) is 17.8. The second kappa shape index (κ2) is 8.89. The molecule has 0 aromatic heterocycles. The Balaban J connectivity index is 1.97. The Morgan fingerprint density at radius 1 is 1.22 bits per heavy atom. The van der Waals surface area contributed by atoms with Gasteiger partial charge in [-0.05, 0) is 56.1 Å². The predicted molar refractivity (Wildman–Crippen MR) is 93.7 cm³/mol. The number of nitrogens with zero attached hydrogens (tertiary/aromatic N) is 1. The maximum Gasteiger partial charge on any atom is 0.241 e. The molecule has 1 unspecified atom stereocenters. The van der Waals surface area contributed by atoms with Crippen molar-refractivity contribution >= 4 is 11.6 Å². The molecule has 1 amide bonds. The Hall–Kier alpha value is -1.59. The number of benzene rings is 1. The molecular weight excluding hydrogens is 290 g/mol. The number of carbonyl (C=O) groups is 1. The Kier molecular flexibility index (Phi) is 6.86. The number of piperidine rings is 1. The van der Waals surface area contributed by atoms with Crippen LogP contribution < -0.4 is 15.8 Å². The van der Waals surface area contributed by atoms with Gasteiger partial charge in [-0.3, -0.25) is 9.69 Å². The molecule has 1 aromatic rings. The molecule has 0 aliphatic carbocycles. The van der Waals surface area contributed by atoms with Gasteiger partial charge in [-0.15, -0.1) is 0 Å². The lowest BCUT2D eigenvalue weighted by molar-refractivity contribution is -0.123. The van der Waals surface area contributed by atoms with Crippen LogP contribution in [0.25, 0.3) is 0 Å². The Labute approximate surface area is 139 Å². The second-order valence-corrected chi connectivity index (χ2v) is 6.44. The Morgan fingerprint density at radius 2 is 1.87 bits per heavy atom. The fraction of sp³-hybridized carbons (Fsp3) is 0.611. The first-order valence-electron chi connectivity index (χ1n) is 8.59. The molecular formula is C18H29N3O2. The van der Waals surface area contributed by atoms with Crippen LogP contribution in [0.4, 0.5) is 5.69 Å². The van der Waals surface area contributed by atoms with Gasteiger partial charge in [0.2, 0.25) is 5.91 Å². The van der Waals surface area contributed by atoms with E-state index in [-0.39, 0.29) is 11.9 Å². The number of carbonyl (C=O) groups excluding carboxylic acids is 1. The average Bonchev–Trinajstić information content (AvgIpc) is 2.55. The van der Waals surface area contributed by atoms with Crippen LogP contribution in [-0.4, -0.2) is 43.1 Å². The van der Waals surface area contributed by atoms with Gasteiger partial charge in [-0.25, -0.2) is 0 Å². The first-order chi connectivity index (χ1) is 11.1. The standard InChI is InChI=1S/C18H29N3O2/c1-14(2)17(21-11-4-3-5-12-21)18(22)20-15-6-8-16(9-7-15)23-13-10-19/h6-9,14,17H,3-5,10-13,19H2,1-2H3,(H,20,22). The van der Waals surface area contributed by atoms with Crippen LogP contribution in [0.5, 0.6) is 5.75 Å². The van der Waals surface area contributed by atoms with Gasteiger partial charge in [0.15, 0.2) is 0 Å². The Bertz CT molecular complexity index is 482. The number of ether oxygens (including phenoxy) is 1. The molecule has 1 atom stereocenters. The highest BCUT2D eigenvalue weighted by molar-refractivity contribution is 5.95. The summed E-state index contributed by atoms with van der Waals surface area (Å²) in [5, 5.41) is 3.04. The normalized spacial score (nSPS) is 17.0. The fourth-order valence-corrected chi connectivity index (χ4v) is 3.11. The van der Waals surface area contributed by atoms with Crippen molar-refractivity contribution < 1.29 is 9.53 Å². The van der Waals surface area contributed by atoms with Crippen LogP contribution in [0.3, 0.4) is 0 Å². The van der Waals surface area contributed by atoms with E-state index < -0.39 is 0 Å². The largest absolute Gasteiger partial charge is 0.492 e. The van der Waals surface area contributed by atoms with Gasteiger partial charge >= 0.3 is 0 Å². The molecule has 1 aliphatic heterocycles. The van der Waals surface area contributed by atoms with Gasteiger partial charge in [0.05, 0.1) is 6.04 Å². The molecule has 128 valence electrons.